The first-order valence-electron chi connectivity index (χ1n) is 6.00. The third-order valence-electron chi connectivity index (χ3n) is 2.71. The number of aromatic nitrogens is 2. The van der Waals surface area contributed by atoms with Crippen LogP contribution in [-0.2, 0) is 13.6 Å². The van der Waals surface area contributed by atoms with Crippen molar-refractivity contribution in [3.05, 3.63) is 15.9 Å². The molecule has 0 aliphatic rings. The number of hydrogen-bond donors (Lipinski definition) is 0. The van der Waals surface area contributed by atoms with E-state index in [1.54, 1.807) is 0 Å². The Kier molecular flexibility index (Phi) is 5.49. The van der Waals surface area contributed by atoms with Gasteiger partial charge in [-0.2, -0.15) is 5.10 Å². The molecule has 0 fully saturated rings. The number of rotatable bonds is 6. The summed E-state index contributed by atoms with van der Waals surface area (Å²) in [6.45, 7) is 9.80. The predicted molar refractivity (Wildman–Crippen MR) is 71.5 cm³/mol. The highest BCUT2D eigenvalue weighted by molar-refractivity contribution is 9.10. The van der Waals surface area contributed by atoms with Crippen LogP contribution in [0, 0.1) is 6.92 Å². The van der Waals surface area contributed by atoms with Crippen molar-refractivity contribution in [2.75, 3.05) is 13.1 Å². The molecular formula is C12H22BrN3. The van der Waals surface area contributed by atoms with Crippen LogP contribution in [0.3, 0.4) is 0 Å². The molecule has 0 aliphatic carbocycles. The molecule has 0 aromatic carbocycles. The summed E-state index contributed by atoms with van der Waals surface area (Å²) >= 11 is 3.62. The van der Waals surface area contributed by atoms with Crippen LogP contribution >= 0.6 is 15.9 Å². The van der Waals surface area contributed by atoms with Gasteiger partial charge in [-0.25, -0.2) is 0 Å². The highest BCUT2D eigenvalue weighted by Crippen LogP contribution is 2.21. The van der Waals surface area contributed by atoms with Gasteiger partial charge >= 0.3 is 0 Å². The summed E-state index contributed by atoms with van der Waals surface area (Å²) in [5.74, 6) is 0. The van der Waals surface area contributed by atoms with E-state index in [1.165, 1.54) is 18.5 Å². The normalized spacial score (nSPS) is 11.4. The fraction of sp³-hybridized carbons (Fsp3) is 0.750. The molecule has 0 saturated heterocycles. The molecular weight excluding hydrogens is 266 g/mol. The van der Waals surface area contributed by atoms with Gasteiger partial charge in [0.1, 0.15) is 0 Å². The lowest BCUT2D eigenvalue weighted by molar-refractivity contribution is 0.259. The average molecular weight is 288 g/mol. The zero-order chi connectivity index (χ0) is 12.1. The largest absolute Gasteiger partial charge is 0.298 e. The van der Waals surface area contributed by atoms with Crippen molar-refractivity contribution in [1.29, 1.82) is 0 Å². The quantitative estimate of drug-likeness (QED) is 0.802. The minimum atomic E-state index is 0.986. The maximum atomic E-state index is 4.43. The van der Waals surface area contributed by atoms with Crippen molar-refractivity contribution in [3.8, 4) is 0 Å². The second kappa shape index (κ2) is 6.40. The van der Waals surface area contributed by atoms with E-state index in [2.05, 4.69) is 39.8 Å². The van der Waals surface area contributed by atoms with Crippen molar-refractivity contribution in [2.45, 2.75) is 40.2 Å². The van der Waals surface area contributed by atoms with E-state index in [1.807, 2.05) is 18.7 Å². The maximum absolute atomic E-state index is 4.43. The van der Waals surface area contributed by atoms with Gasteiger partial charge in [-0.15, -0.1) is 0 Å². The number of hydrogen-bond acceptors (Lipinski definition) is 2. The molecule has 1 aromatic heterocycles. The topological polar surface area (TPSA) is 21.1 Å². The van der Waals surface area contributed by atoms with Gasteiger partial charge in [-0.3, -0.25) is 9.58 Å². The molecule has 0 bridgehead atoms. The highest BCUT2D eigenvalue weighted by atomic mass is 79.9. The van der Waals surface area contributed by atoms with Crippen molar-refractivity contribution >= 4 is 15.9 Å². The Balaban J connectivity index is 2.76. The molecule has 3 nitrogen and oxygen atoms in total. The molecule has 1 aromatic rings. The number of nitrogens with zero attached hydrogens (tertiary/aromatic N) is 3. The van der Waals surface area contributed by atoms with Crippen molar-refractivity contribution in [2.24, 2.45) is 7.05 Å². The first-order chi connectivity index (χ1) is 7.60. The molecule has 0 aliphatic heterocycles. The van der Waals surface area contributed by atoms with Gasteiger partial charge in [-0.05, 0) is 48.8 Å². The summed E-state index contributed by atoms with van der Waals surface area (Å²) in [6.07, 6.45) is 2.41. The fourth-order valence-electron chi connectivity index (χ4n) is 1.97. The molecule has 16 heavy (non-hydrogen) atoms. The third kappa shape index (κ3) is 3.32. The van der Waals surface area contributed by atoms with Crippen LogP contribution < -0.4 is 0 Å². The number of aryl methyl sites for hydroxylation is 2. The molecule has 0 N–H and O–H groups in total. The zero-order valence-corrected chi connectivity index (χ0v) is 12.3. The Labute approximate surface area is 107 Å². The van der Waals surface area contributed by atoms with Gasteiger partial charge in [0.15, 0.2) is 0 Å². The molecule has 0 unspecified atom stereocenters. The minimum absolute atomic E-state index is 0.986. The summed E-state index contributed by atoms with van der Waals surface area (Å²) in [7, 11) is 2.02. The van der Waals surface area contributed by atoms with E-state index in [0.717, 1.165) is 29.8 Å². The van der Waals surface area contributed by atoms with E-state index in [4.69, 9.17) is 0 Å². The van der Waals surface area contributed by atoms with E-state index >= 15 is 0 Å². The highest BCUT2D eigenvalue weighted by Gasteiger charge is 2.13. The zero-order valence-electron chi connectivity index (χ0n) is 10.8. The first kappa shape index (κ1) is 13.7. The Hall–Kier alpha value is -0.350. The lowest BCUT2D eigenvalue weighted by atomic mass is 10.3. The van der Waals surface area contributed by atoms with Crippen LogP contribution in [0.1, 0.15) is 38.1 Å². The van der Waals surface area contributed by atoms with Gasteiger partial charge in [0.05, 0.1) is 15.9 Å². The minimum Gasteiger partial charge on any atom is -0.298 e. The third-order valence-corrected chi connectivity index (χ3v) is 3.75. The van der Waals surface area contributed by atoms with Gasteiger partial charge < -0.3 is 0 Å². The van der Waals surface area contributed by atoms with E-state index < -0.39 is 0 Å². The van der Waals surface area contributed by atoms with E-state index in [-0.39, 0.29) is 0 Å². The monoisotopic (exact) mass is 287 g/mol. The predicted octanol–water partition coefficient (Wildman–Crippen LogP) is 3.11. The summed E-state index contributed by atoms with van der Waals surface area (Å²) in [6, 6.07) is 0. The van der Waals surface area contributed by atoms with Crippen LogP contribution in [0.5, 0.6) is 0 Å². The Bertz CT molecular complexity index is 327. The Morgan fingerprint density at radius 3 is 2.19 bits per heavy atom. The van der Waals surface area contributed by atoms with Crippen LogP contribution in [-0.4, -0.2) is 27.8 Å². The lowest BCUT2D eigenvalue weighted by Gasteiger charge is -2.21. The van der Waals surface area contributed by atoms with Gasteiger partial charge in [-0.1, -0.05) is 13.8 Å². The summed E-state index contributed by atoms with van der Waals surface area (Å²) in [5, 5.41) is 4.43. The molecule has 0 radical (unpaired) electrons. The standard InChI is InChI=1S/C12H22BrN3/c1-5-7-16(8-6-2)9-11-12(13)10(3)14-15(11)4/h5-9H2,1-4H3. The van der Waals surface area contributed by atoms with Gasteiger partial charge in [0.25, 0.3) is 0 Å². The maximum Gasteiger partial charge on any atom is 0.0739 e. The number of halogens is 1. The van der Waals surface area contributed by atoms with Crippen LogP contribution in [0.15, 0.2) is 4.47 Å². The second-order valence-corrected chi connectivity index (χ2v) is 5.04. The molecule has 1 heterocycles. The fourth-order valence-corrected chi connectivity index (χ4v) is 2.43. The van der Waals surface area contributed by atoms with Crippen LogP contribution in [0.2, 0.25) is 0 Å². The van der Waals surface area contributed by atoms with Crippen LogP contribution in [0.4, 0.5) is 0 Å². The van der Waals surface area contributed by atoms with Gasteiger partial charge in [0.2, 0.25) is 0 Å². The molecule has 4 heteroatoms. The summed E-state index contributed by atoms with van der Waals surface area (Å²) in [4.78, 5) is 2.49. The smallest absolute Gasteiger partial charge is 0.0739 e. The Morgan fingerprint density at radius 2 is 1.81 bits per heavy atom. The van der Waals surface area contributed by atoms with Crippen molar-refractivity contribution in [3.63, 3.8) is 0 Å². The SMILES string of the molecule is CCCN(CCC)Cc1c(Br)c(C)nn1C. The molecule has 0 saturated carbocycles. The molecule has 0 atom stereocenters. The van der Waals surface area contributed by atoms with Crippen LogP contribution in [0.25, 0.3) is 0 Å². The Morgan fingerprint density at radius 1 is 1.25 bits per heavy atom. The molecule has 0 amide bonds. The lowest BCUT2D eigenvalue weighted by Crippen LogP contribution is -2.26. The van der Waals surface area contributed by atoms with Crippen molar-refractivity contribution in [1.82, 2.24) is 14.7 Å². The molecule has 1 rings (SSSR count). The second-order valence-electron chi connectivity index (χ2n) is 4.25. The first-order valence-corrected chi connectivity index (χ1v) is 6.79. The van der Waals surface area contributed by atoms with E-state index in [0.29, 0.717) is 0 Å². The van der Waals surface area contributed by atoms with Gasteiger partial charge in [0, 0.05) is 13.6 Å². The van der Waals surface area contributed by atoms with Crippen molar-refractivity contribution < 1.29 is 0 Å². The van der Waals surface area contributed by atoms with E-state index in [9.17, 15) is 0 Å². The summed E-state index contributed by atoms with van der Waals surface area (Å²) < 4.78 is 3.14. The summed E-state index contributed by atoms with van der Waals surface area (Å²) in [5.41, 5.74) is 2.35. The molecule has 0 spiro atoms. The molecule has 92 valence electrons. The average Bonchev–Trinajstić information content (AvgIpc) is 2.46.